The van der Waals surface area contributed by atoms with Crippen molar-refractivity contribution in [1.29, 1.82) is 0 Å². The van der Waals surface area contributed by atoms with Gasteiger partial charge in [-0.15, -0.1) is 0 Å². The first-order valence-corrected chi connectivity index (χ1v) is 6.31. The number of rotatable bonds is 5. The number of anilines is 1. The van der Waals surface area contributed by atoms with Gasteiger partial charge in [0.25, 0.3) is 0 Å². The summed E-state index contributed by atoms with van der Waals surface area (Å²) >= 11 is 0. The van der Waals surface area contributed by atoms with Crippen LogP contribution in [0.2, 0.25) is 0 Å². The van der Waals surface area contributed by atoms with Crippen molar-refractivity contribution in [2.75, 3.05) is 12.4 Å². The molecule has 0 aliphatic rings. The zero-order valence-corrected chi connectivity index (χ0v) is 12.2. The van der Waals surface area contributed by atoms with E-state index in [-0.39, 0.29) is 24.5 Å². The number of ether oxygens (including phenoxy) is 1. The number of ketones is 1. The van der Waals surface area contributed by atoms with Crippen LogP contribution >= 0.6 is 0 Å². The van der Waals surface area contributed by atoms with Crippen LogP contribution in [0.5, 0.6) is 5.75 Å². The average Bonchev–Trinajstić information content (AvgIpc) is 2.34. The van der Waals surface area contributed by atoms with E-state index in [1.54, 1.807) is 7.11 Å². The molecule has 0 fully saturated rings. The molecular formula is C15H21NO3. The Morgan fingerprint density at radius 3 is 2.32 bits per heavy atom. The SMILES string of the molecule is COc1c(C)c(C)cc(C)c1NC(=O)CCC(C)=O. The molecule has 1 aromatic rings. The average molecular weight is 263 g/mol. The number of Topliss-reactive ketones (excluding diaryl/α,β-unsaturated/α-hetero) is 1. The van der Waals surface area contributed by atoms with Crippen molar-refractivity contribution in [3.05, 3.63) is 22.8 Å². The molecule has 0 aliphatic heterocycles. The van der Waals surface area contributed by atoms with E-state index in [0.717, 1.165) is 16.7 Å². The second-order valence-corrected chi connectivity index (χ2v) is 4.79. The maximum absolute atomic E-state index is 11.8. The molecule has 1 aromatic carbocycles. The van der Waals surface area contributed by atoms with Crippen molar-refractivity contribution in [2.45, 2.75) is 40.5 Å². The molecule has 0 aliphatic carbocycles. The molecule has 0 spiro atoms. The largest absolute Gasteiger partial charge is 0.494 e. The van der Waals surface area contributed by atoms with Gasteiger partial charge in [-0.2, -0.15) is 0 Å². The molecule has 0 heterocycles. The first kappa shape index (κ1) is 15.2. The van der Waals surface area contributed by atoms with Gasteiger partial charge in [-0.1, -0.05) is 6.07 Å². The van der Waals surface area contributed by atoms with Crippen LogP contribution in [0.25, 0.3) is 0 Å². The topological polar surface area (TPSA) is 55.4 Å². The zero-order valence-electron chi connectivity index (χ0n) is 12.2. The number of carbonyl (C=O) groups excluding carboxylic acids is 2. The standard InChI is InChI=1S/C15H21NO3/c1-9-8-10(2)14(15(19-5)12(9)4)16-13(18)7-6-11(3)17/h8H,6-7H2,1-5H3,(H,16,18). The van der Waals surface area contributed by atoms with Crippen molar-refractivity contribution in [1.82, 2.24) is 0 Å². The zero-order chi connectivity index (χ0) is 14.6. The van der Waals surface area contributed by atoms with Crippen molar-refractivity contribution in [3.63, 3.8) is 0 Å². The van der Waals surface area contributed by atoms with Gasteiger partial charge in [-0.05, 0) is 44.4 Å². The van der Waals surface area contributed by atoms with Crippen LogP contribution in [0, 0.1) is 20.8 Å². The first-order chi connectivity index (χ1) is 8.86. The lowest BCUT2D eigenvalue weighted by Gasteiger charge is -2.17. The van der Waals surface area contributed by atoms with Gasteiger partial charge in [0, 0.05) is 12.8 Å². The van der Waals surface area contributed by atoms with Crippen LogP contribution in [0.1, 0.15) is 36.5 Å². The quantitative estimate of drug-likeness (QED) is 0.888. The van der Waals surface area contributed by atoms with Crippen molar-refractivity contribution in [2.24, 2.45) is 0 Å². The maximum atomic E-state index is 11.8. The lowest BCUT2D eigenvalue weighted by Crippen LogP contribution is -2.15. The van der Waals surface area contributed by atoms with Gasteiger partial charge in [0.1, 0.15) is 11.5 Å². The summed E-state index contributed by atoms with van der Waals surface area (Å²) in [5, 5.41) is 2.84. The van der Waals surface area contributed by atoms with E-state index in [1.165, 1.54) is 6.92 Å². The Morgan fingerprint density at radius 2 is 1.79 bits per heavy atom. The summed E-state index contributed by atoms with van der Waals surface area (Å²) in [6.45, 7) is 7.37. The highest BCUT2D eigenvalue weighted by molar-refractivity contribution is 5.95. The van der Waals surface area contributed by atoms with Gasteiger partial charge in [-0.3, -0.25) is 4.79 Å². The molecule has 1 amide bonds. The number of amides is 1. The molecule has 0 radical (unpaired) electrons. The number of hydrogen-bond donors (Lipinski definition) is 1. The predicted molar refractivity (Wildman–Crippen MR) is 75.7 cm³/mol. The van der Waals surface area contributed by atoms with Crippen LogP contribution in [0.15, 0.2) is 6.07 Å². The second-order valence-electron chi connectivity index (χ2n) is 4.79. The minimum atomic E-state index is -0.167. The molecule has 0 aromatic heterocycles. The second kappa shape index (κ2) is 6.36. The fraction of sp³-hybridized carbons (Fsp3) is 0.467. The van der Waals surface area contributed by atoms with Gasteiger partial charge in [0.15, 0.2) is 0 Å². The summed E-state index contributed by atoms with van der Waals surface area (Å²) in [5.74, 6) is 0.535. The molecule has 0 unspecified atom stereocenters. The Kier molecular flexibility index (Phi) is 5.10. The summed E-state index contributed by atoms with van der Waals surface area (Å²) in [6.07, 6.45) is 0.461. The molecular weight excluding hydrogens is 242 g/mol. The molecule has 0 bridgehead atoms. The maximum Gasteiger partial charge on any atom is 0.224 e. The number of hydrogen-bond acceptors (Lipinski definition) is 3. The van der Waals surface area contributed by atoms with E-state index < -0.39 is 0 Å². The molecule has 104 valence electrons. The number of methoxy groups -OCH3 is 1. The Morgan fingerprint density at radius 1 is 1.16 bits per heavy atom. The van der Waals surface area contributed by atoms with Gasteiger partial charge in [-0.25, -0.2) is 0 Å². The van der Waals surface area contributed by atoms with E-state index in [1.807, 2.05) is 26.8 Å². The molecule has 1 rings (SSSR count). The number of aryl methyl sites for hydroxylation is 2. The third-order valence-electron chi connectivity index (χ3n) is 3.16. The first-order valence-electron chi connectivity index (χ1n) is 6.31. The highest BCUT2D eigenvalue weighted by Gasteiger charge is 2.14. The molecule has 4 heteroatoms. The summed E-state index contributed by atoms with van der Waals surface area (Å²) in [6, 6.07) is 2.01. The Labute approximate surface area is 114 Å². The Balaban J connectivity index is 2.97. The van der Waals surface area contributed by atoms with Gasteiger partial charge in [0.2, 0.25) is 5.91 Å². The van der Waals surface area contributed by atoms with Gasteiger partial charge < -0.3 is 14.8 Å². The number of benzene rings is 1. The van der Waals surface area contributed by atoms with E-state index in [2.05, 4.69) is 5.32 Å². The van der Waals surface area contributed by atoms with Crippen LogP contribution < -0.4 is 10.1 Å². The van der Waals surface area contributed by atoms with E-state index >= 15 is 0 Å². The summed E-state index contributed by atoms with van der Waals surface area (Å²) in [5.41, 5.74) is 3.78. The molecule has 4 nitrogen and oxygen atoms in total. The van der Waals surface area contributed by atoms with Crippen molar-refractivity contribution < 1.29 is 14.3 Å². The van der Waals surface area contributed by atoms with E-state index in [9.17, 15) is 9.59 Å². The highest BCUT2D eigenvalue weighted by atomic mass is 16.5. The van der Waals surface area contributed by atoms with Crippen LogP contribution in [0.3, 0.4) is 0 Å². The Hall–Kier alpha value is -1.84. The number of carbonyl (C=O) groups is 2. The highest BCUT2D eigenvalue weighted by Crippen LogP contribution is 2.34. The van der Waals surface area contributed by atoms with Gasteiger partial charge >= 0.3 is 0 Å². The van der Waals surface area contributed by atoms with Crippen LogP contribution in [0.4, 0.5) is 5.69 Å². The van der Waals surface area contributed by atoms with E-state index in [4.69, 9.17) is 4.74 Å². The molecule has 1 N–H and O–H groups in total. The van der Waals surface area contributed by atoms with Crippen molar-refractivity contribution in [3.8, 4) is 5.75 Å². The van der Waals surface area contributed by atoms with Crippen molar-refractivity contribution >= 4 is 17.4 Å². The monoisotopic (exact) mass is 263 g/mol. The van der Waals surface area contributed by atoms with Crippen LogP contribution in [-0.2, 0) is 9.59 Å². The fourth-order valence-corrected chi connectivity index (χ4v) is 1.95. The van der Waals surface area contributed by atoms with Crippen LogP contribution in [-0.4, -0.2) is 18.8 Å². The lowest BCUT2D eigenvalue weighted by molar-refractivity contribution is -0.121. The summed E-state index contributed by atoms with van der Waals surface area (Å²) < 4.78 is 5.38. The molecule has 0 atom stereocenters. The van der Waals surface area contributed by atoms with Gasteiger partial charge in [0.05, 0.1) is 12.8 Å². The lowest BCUT2D eigenvalue weighted by atomic mass is 10.0. The predicted octanol–water partition coefficient (Wildman–Crippen LogP) is 2.93. The minimum absolute atomic E-state index is 0.0129. The summed E-state index contributed by atoms with van der Waals surface area (Å²) in [4.78, 5) is 22.7. The third-order valence-corrected chi connectivity index (χ3v) is 3.16. The fourth-order valence-electron chi connectivity index (χ4n) is 1.95. The molecule has 0 saturated heterocycles. The Bertz CT molecular complexity index is 507. The van der Waals surface area contributed by atoms with E-state index in [0.29, 0.717) is 11.4 Å². The molecule has 0 saturated carbocycles. The normalized spacial score (nSPS) is 10.2. The minimum Gasteiger partial charge on any atom is -0.494 e. The third kappa shape index (κ3) is 3.81. The summed E-state index contributed by atoms with van der Waals surface area (Å²) in [7, 11) is 1.59. The smallest absolute Gasteiger partial charge is 0.224 e. The molecule has 19 heavy (non-hydrogen) atoms. The number of nitrogens with one attached hydrogen (secondary N) is 1.